The Morgan fingerprint density at radius 3 is 1.46 bits per heavy atom. The summed E-state index contributed by atoms with van der Waals surface area (Å²) in [5.74, 6) is -25.3. The molecule has 5 aliphatic rings. The van der Waals surface area contributed by atoms with Crippen molar-refractivity contribution in [3.8, 4) is 5.75 Å². The van der Waals surface area contributed by atoms with Crippen molar-refractivity contribution < 1.29 is 124 Å². The minimum atomic E-state index is -5.08. The Hall–Kier alpha value is -9.82. The summed E-state index contributed by atoms with van der Waals surface area (Å²) in [6.07, 6.45) is -3.45. The lowest BCUT2D eigenvalue weighted by molar-refractivity contribution is -0.148. The molecule has 0 saturated carbocycles. The van der Waals surface area contributed by atoms with Crippen LogP contribution in [0.2, 0.25) is 0 Å². The summed E-state index contributed by atoms with van der Waals surface area (Å²) < 4.78 is 36.8. The molecule has 1 aromatic carbocycles. The summed E-state index contributed by atoms with van der Waals surface area (Å²) in [4.78, 5) is 269. The average molecular weight is 1700 g/mol. The summed E-state index contributed by atoms with van der Waals surface area (Å²) in [6, 6.07) is -21.5. The van der Waals surface area contributed by atoms with Crippen LogP contribution in [-0.2, 0) is 108 Å². The van der Waals surface area contributed by atoms with Crippen molar-refractivity contribution in [2.24, 2.45) is 23.1 Å². The summed E-state index contributed by atoms with van der Waals surface area (Å²) in [6.45, 7) is 3.59. The molecule has 44 nitrogen and oxygen atoms in total. The van der Waals surface area contributed by atoms with Crippen molar-refractivity contribution in [3.63, 3.8) is 0 Å². The average Bonchev–Trinajstić information content (AvgIpc) is 1.64. The summed E-state index contributed by atoms with van der Waals surface area (Å²) in [5.41, 5.74) is 16.7. The number of nitrogens with two attached hydrogens (primary N) is 3. The van der Waals surface area contributed by atoms with Gasteiger partial charge in [0.1, 0.15) is 96.4 Å². The normalized spacial score (nSPS) is 28.2. The van der Waals surface area contributed by atoms with Gasteiger partial charge >= 0.3 is 22.3 Å². The number of carbonyl (C=O) groups is 19. The number of aliphatic hydroxyl groups is 1. The van der Waals surface area contributed by atoms with Crippen molar-refractivity contribution in [2.45, 2.75) is 189 Å². The molecule has 2 bridgehead atoms. The second-order valence-electron chi connectivity index (χ2n) is 27.5. The molecule has 5 fully saturated rings. The van der Waals surface area contributed by atoms with E-state index in [0.29, 0.717) is 28.0 Å². The number of aliphatic carboxylic acids is 2. The van der Waals surface area contributed by atoms with E-state index in [0.717, 1.165) is 57.7 Å². The Labute approximate surface area is 668 Å². The highest BCUT2D eigenvalue weighted by atomic mass is 33.1. The first-order valence-corrected chi connectivity index (χ1v) is 42.1. The van der Waals surface area contributed by atoms with Crippen molar-refractivity contribution in [1.82, 2.24) is 78.5 Å². The molecule has 49 heteroatoms. The summed E-state index contributed by atoms with van der Waals surface area (Å²) >= 11 is 0. The van der Waals surface area contributed by atoms with E-state index in [1.54, 1.807) is 13.8 Å². The van der Waals surface area contributed by atoms with Crippen LogP contribution in [0, 0.1) is 5.92 Å². The Kier molecular flexibility index (Phi) is 35.6. The van der Waals surface area contributed by atoms with Gasteiger partial charge in [-0.3, -0.25) is 90.9 Å². The molecule has 0 aliphatic carbocycles. The van der Waals surface area contributed by atoms with Crippen LogP contribution >= 0.6 is 43.2 Å². The molecular weight excluding hydrogens is 1610 g/mol. The van der Waals surface area contributed by atoms with Gasteiger partial charge < -0.3 is 115 Å². The number of amides is 17. The first-order valence-electron chi connectivity index (χ1n) is 35.8. The van der Waals surface area contributed by atoms with Gasteiger partial charge in [0.05, 0.1) is 32.4 Å². The molecule has 5 aliphatic heterocycles. The lowest BCUT2D eigenvalue weighted by Crippen LogP contribution is -2.61. The van der Waals surface area contributed by atoms with Gasteiger partial charge in [-0.2, -0.15) is 8.42 Å². The number of fused-ring (bicyclic) bond motifs is 11. The van der Waals surface area contributed by atoms with Crippen molar-refractivity contribution in [3.05, 3.63) is 29.8 Å². The van der Waals surface area contributed by atoms with Crippen LogP contribution in [0.25, 0.3) is 0 Å². The molecule has 630 valence electrons. The smallest absolute Gasteiger partial charge is 0.446 e. The molecule has 22 N–H and O–H groups in total. The van der Waals surface area contributed by atoms with Gasteiger partial charge in [-0.05, 0) is 82.4 Å². The molecule has 17 amide bonds. The second kappa shape index (κ2) is 43.6. The van der Waals surface area contributed by atoms with Crippen LogP contribution in [0.4, 0.5) is 0 Å². The minimum Gasteiger partial charge on any atom is -0.481 e. The highest BCUT2D eigenvalue weighted by molar-refractivity contribution is 8.77. The van der Waals surface area contributed by atoms with E-state index in [-0.39, 0.29) is 69.6 Å². The maximum absolute atomic E-state index is 14.7. The Morgan fingerprint density at radius 2 is 0.930 bits per heavy atom. The predicted octanol–water partition coefficient (Wildman–Crippen LogP) is -8.66. The number of carbonyl (C=O) groups excluding carboxylic acids is 17. The standard InChI is InChI=1S/C65H94N18O26S5/c1-29(2)18-37-62(101)83-17-7-10-46(83)64(103)82-16-6-9-45(82)61(100)79-41-26-111-110-25-40(71-49(87)23-66)58(97)78-42(59(98)77-39(24-84)56(95)75-37)27-112-113-28-43(65(104)105)80-53(92)34(19-32-11-13-33(14-12-32)109-114(106,107)108)73-55(94)36(22-50(88)89)74-60(99)44-8-5-15-81(44)63(102)38(21-48(68)86)76-54(93)35(20-47(67)85)72-52(91)31(4)69-51(90)30(3)70-57(41)96/h11-14,29-31,34-46,84H,5-10,15-28,66H2,1-4H3,(H2,67,85)(H2,68,86)(H,69,90)(H,70,96)(H,71,87)(H,72,91)(H,73,94)(H,74,99)(H,75,95)(H,76,93)(H,77,98)(H,78,97)(H,79,100)(H,80,92)(H,88,89)(H,104,105)(H,106,107,108)/t30-,31-,34-,35-,36-,37-,38-,39-,40-,41-,42-,43-,44-,45-,46-/m0/s1. The Bertz CT molecular complexity index is 3930. The van der Waals surface area contributed by atoms with Crippen LogP contribution in [0.3, 0.4) is 0 Å². The second-order valence-corrected chi connectivity index (χ2v) is 33.6. The lowest BCUT2D eigenvalue weighted by Gasteiger charge is -2.34. The van der Waals surface area contributed by atoms with E-state index in [4.69, 9.17) is 17.2 Å². The number of nitrogens with one attached hydrogen (secondary N) is 12. The number of carboxylic acid groups (broad SMARTS) is 2. The molecule has 0 spiro atoms. The molecule has 6 rings (SSSR count). The predicted molar refractivity (Wildman–Crippen MR) is 404 cm³/mol. The zero-order valence-corrected chi connectivity index (χ0v) is 66.2. The zero-order valence-electron chi connectivity index (χ0n) is 62.1. The number of rotatable bonds is 16. The highest BCUT2D eigenvalue weighted by Crippen LogP contribution is 2.30. The highest BCUT2D eigenvalue weighted by Gasteiger charge is 2.47. The van der Waals surface area contributed by atoms with Crippen LogP contribution in [-0.4, -0.2) is 302 Å². The van der Waals surface area contributed by atoms with Gasteiger partial charge in [0.25, 0.3) is 0 Å². The maximum atomic E-state index is 14.7. The fourth-order valence-corrected chi connectivity index (χ4v) is 17.5. The molecular formula is C65H94N18O26S5. The third-order valence-electron chi connectivity index (χ3n) is 18.2. The molecule has 5 heterocycles. The number of carboxylic acids is 2. The Morgan fingerprint density at radius 1 is 0.509 bits per heavy atom. The third-order valence-corrected chi connectivity index (χ3v) is 23.5. The first-order chi connectivity index (χ1) is 53.7. The number of benzene rings is 1. The topological polar surface area (TPSA) is 681 Å². The maximum Gasteiger partial charge on any atom is 0.446 e. The quantitative estimate of drug-likeness (QED) is 0.0540. The van der Waals surface area contributed by atoms with Crippen LogP contribution < -0.4 is 85.2 Å². The summed E-state index contributed by atoms with van der Waals surface area (Å²) in [5, 5.41) is 59.7. The largest absolute Gasteiger partial charge is 0.481 e. The van der Waals surface area contributed by atoms with Gasteiger partial charge in [-0.15, -0.1) is 0 Å². The number of aliphatic hydroxyl groups excluding tert-OH is 1. The molecule has 0 unspecified atom stereocenters. The van der Waals surface area contributed by atoms with E-state index < -0.39 is 281 Å². The van der Waals surface area contributed by atoms with Crippen molar-refractivity contribution in [1.29, 1.82) is 0 Å². The van der Waals surface area contributed by atoms with E-state index >= 15 is 0 Å². The first kappa shape index (κ1) is 93.0. The SMILES string of the molecule is CC(C)C[C@@H]1NC(=O)[C@H](CO)NC(=O)[C@@H]2CSSC[C@@H](C(=O)O)NC(=O)[C@H](Cc3ccc(OS(=O)(=O)O)cc3)NC(=O)[C@H](CC(=O)O)NC(=O)[C@@H]3CCCN3C(=O)[C@H](CC(N)=O)NC(=O)[C@H](CC(N)=O)NC(=O)[C@H](C)NC(=O)[C@H](C)NC(=O)[C@H](CSSC[C@H](NC(=O)CN)C(=O)N2)NC(=O)[C@@H]2CCCN2C(=O)[C@@H]2CCCN2C1=O. The third kappa shape index (κ3) is 28.0. The molecule has 15 atom stereocenters. The molecule has 114 heavy (non-hydrogen) atoms. The van der Waals surface area contributed by atoms with Crippen molar-refractivity contribution in [2.75, 3.05) is 55.8 Å². The van der Waals surface area contributed by atoms with Crippen LogP contribution in [0.15, 0.2) is 24.3 Å². The van der Waals surface area contributed by atoms with Gasteiger partial charge in [0.15, 0.2) is 0 Å². The number of hydrogen-bond acceptors (Lipinski definition) is 28. The monoisotopic (exact) mass is 1700 g/mol. The van der Waals surface area contributed by atoms with E-state index in [1.807, 2.05) is 0 Å². The van der Waals surface area contributed by atoms with E-state index in [9.17, 15) is 119 Å². The summed E-state index contributed by atoms with van der Waals surface area (Å²) in [7, 11) is -2.15. The van der Waals surface area contributed by atoms with E-state index in [1.165, 1.54) is 16.7 Å². The number of nitrogens with zero attached hydrogens (tertiary/aromatic N) is 3. The van der Waals surface area contributed by atoms with Gasteiger partial charge in [0.2, 0.25) is 100 Å². The number of primary amides is 2. The zero-order chi connectivity index (χ0) is 84.6. The molecule has 1 aromatic rings. The minimum absolute atomic E-state index is 0.00429. The number of hydrogen-bond donors (Lipinski definition) is 19. The van der Waals surface area contributed by atoms with Gasteiger partial charge in [-0.1, -0.05) is 69.2 Å². The van der Waals surface area contributed by atoms with Gasteiger partial charge in [-0.25, -0.2) is 4.79 Å². The fourth-order valence-electron chi connectivity index (χ4n) is 12.5. The van der Waals surface area contributed by atoms with Crippen molar-refractivity contribution >= 4 is 166 Å². The van der Waals surface area contributed by atoms with Gasteiger partial charge in [0, 0.05) is 49.1 Å². The molecule has 0 radical (unpaired) electrons. The van der Waals surface area contributed by atoms with Crippen LogP contribution in [0.1, 0.15) is 97.5 Å². The lowest BCUT2D eigenvalue weighted by atomic mass is 10.0. The fraction of sp³-hybridized carbons (Fsp3) is 0.615. The molecule has 0 aromatic heterocycles. The molecule has 5 saturated heterocycles. The van der Waals surface area contributed by atoms with E-state index in [2.05, 4.69) is 68.0 Å². The Balaban J connectivity index is 1.45. The van der Waals surface area contributed by atoms with Crippen LogP contribution in [0.5, 0.6) is 5.75 Å².